The van der Waals surface area contributed by atoms with Crippen molar-refractivity contribution in [3.8, 4) is 0 Å². The summed E-state index contributed by atoms with van der Waals surface area (Å²) in [4.78, 5) is 0. The van der Waals surface area contributed by atoms with Crippen molar-refractivity contribution in [2.45, 2.75) is 12.2 Å². The zero-order valence-corrected chi connectivity index (χ0v) is 5.10. The fourth-order valence-electron chi connectivity index (χ4n) is 0.691. The highest BCUT2D eigenvalue weighted by molar-refractivity contribution is 5.23. The van der Waals surface area contributed by atoms with Gasteiger partial charge in [-0.1, -0.05) is 0 Å². The third-order valence-electron chi connectivity index (χ3n) is 1.26. The van der Waals surface area contributed by atoms with E-state index < -0.39 is 12.2 Å². The maximum absolute atomic E-state index is 8.80. The molecule has 56 valence electrons. The van der Waals surface area contributed by atoms with Crippen molar-refractivity contribution in [1.82, 2.24) is 0 Å². The van der Waals surface area contributed by atoms with Crippen LogP contribution < -0.4 is 0 Å². The number of rotatable bonds is 0. The minimum atomic E-state index is -1.19. The molecule has 1 aliphatic rings. The Morgan fingerprint density at radius 2 is 1.20 bits per heavy atom. The van der Waals surface area contributed by atoms with Gasteiger partial charge in [0, 0.05) is 0 Å². The zero-order chi connectivity index (χ0) is 7.72. The van der Waals surface area contributed by atoms with Crippen molar-refractivity contribution < 1.29 is 20.4 Å². The summed E-state index contributed by atoms with van der Waals surface area (Å²) in [6, 6.07) is 0. The predicted molar refractivity (Wildman–Crippen MR) is 33.4 cm³/mol. The summed E-state index contributed by atoms with van der Waals surface area (Å²) in [5, 5.41) is 35.1. The lowest BCUT2D eigenvalue weighted by atomic mass is 10.1. The van der Waals surface area contributed by atoms with Crippen LogP contribution in [0.15, 0.2) is 23.7 Å². The van der Waals surface area contributed by atoms with E-state index in [0.717, 1.165) is 12.2 Å². The first-order valence-electron chi connectivity index (χ1n) is 2.78. The highest BCUT2D eigenvalue weighted by atomic mass is 16.3. The first-order valence-corrected chi connectivity index (χ1v) is 2.78. The molecule has 0 saturated heterocycles. The molecule has 0 aromatic carbocycles. The van der Waals surface area contributed by atoms with Gasteiger partial charge in [0.05, 0.1) is 0 Å². The van der Waals surface area contributed by atoms with Crippen molar-refractivity contribution in [1.29, 1.82) is 0 Å². The molecule has 4 nitrogen and oxygen atoms in total. The second kappa shape index (κ2) is 2.32. The van der Waals surface area contributed by atoms with E-state index in [0.29, 0.717) is 0 Å². The van der Waals surface area contributed by atoms with Crippen LogP contribution in [0.5, 0.6) is 0 Å². The van der Waals surface area contributed by atoms with Crippen LogP contribution in [0.2, 0.25) is 0 Å². The Hall–Kier alpha value is -1.00. The van der Waals surface area contributed by atoms with Crippen molar-refractivity contribution in [3.05, 3.63) is 23.7 Å². The van der Waals surface area contributed by atoms with Crippen molar-refractivity contribution in [2.24, 2.45) is 0 Å². The van der Waals surface area contributed by atoms with Crippen LogP contribution in [0.4, 0.5) is 0 Å². The third kappa shape index (κ3) is 1.12. The van der Waals surface area contributed by atoms with E-state index >= 15 is 0 Å². The molecular weight excluding hydrogens is 136 g/mol. The van der Waals surface area contributed by atoms with Crippen molar-refractivity contribution in [3.63, 3.8) is 0 Å². The summed E-state index contributed by atoms with van der Waals surface area (Å²) in [7, 11) is 0. The zero-order valence-electron chi connectivity index (χ0n) is 5.10. The topological polar surface area (TPSA) is 80.9 Å². The van der Waals surface area contributed by atoms with E-state index in [1.165, 1.54) is 0 Å². The summed E-state index contributed by atoms with van der Waals surface area (Å²) >= 11 is 0. The summed E-state index contributed by atoms with van der Waals surface area (Å²) in [5.74, 6) is -0.685. The predicted octanol–water partition coefficient (Wildman–Crippen LogP) is -0.394. The standard InChI is InChI=1S/C6H8O4/c7-3-1-4(8)6(10)2-5(3)9/h1-3,6-10H. The van der Waals surface area contributed by atoms with E-state index in [1.807, 2.05) is 0 Å². The molecule has 10 heavy (non-hydrogen) atoms. The van der Waals surface area contributed by atoms with E-state index in [1.54, 1.807) is 0 Å². The maximum Gasteiger partial charge on any atom is 0.132 e. The number of hydrogen-bond acceptors (Lipinski definition) is 4. The van der Waals surface area contributed by atoms with Crippen LogP contribution in [0.25, 0.3) is 0 Å². The molecule has 4 N–H and O–H groups in total. The monoisotopic (exact) mass is 144 g/mol. The molecule has 0 aromatic rings. The Labute approximate surface area is 57.4 Å². The van der Waals surface area contributed by atoms with E-state index in [2.05, 4.69) is 0 Å². The lowest BCUT2D eigenvalue weighted by molar-refractivity contribution is 0.141. The normalized spacial score (nSPS) is 33.0. The molecule has 0 amide bonds. The molecule has 0 bridgehead atoms. The van der Waals surface area contributed by atoms with Gasteiger partial charge < -0.3 is 20.4 Å². The second-order valence-corrected chi connectivity index (χ2v) is 2.07. The first-order chi connectivity index (χ1) is 4.61. The van der Waals surface area contributed by atoms with Gasteiger partial charge in [-0.15, -0.1) is 0 Å². The Bertz CT molecular complexity index is 172. The number of hydrogen-bond donors (Lipinski definition) is 4. The lowest BCUT2D eigenvalue weighted by Crippen LogP contribution is -2.20. The fraction of sp³-hybridized carbons (Fsp3) is 0.333. The summed E-state index contributed by atoms with van der Waals surface area (Å²) < 4.78 is 0. The van der Waals surface area contributed by atoms with Crippen LogP contribution >= 0.6 is 0 Å². The fourth-order valence-corrected chi connectivity index (χ4v) is 0.691. The SMILES string of the molecule is OC1=CC(O)C(O)=CC1O. The molecule has 1 rings (SSSR count). The van der Waals surface area contributed by atoms with Gasteiger partial charge in [-0.2, -0.15) is 0 Å². The molecule has 0 saturated carbocycles. The first kappa shape index (κ1) is 7.11. The molecule has 2 atom stereocenters. The molecular formula is C6H8O4. The lowest BCUT2D eigenvalue weighted by Gasteiger charge is -2.14. The molecule has 0 spiro atoms. The number of aliphatic hydroxyl groups is 4. The molecule has 0 heterocycles. The van der Waals surface area contributed by atoms with Crippen LogP contribution in [-0.2, 0) is 0 Å². The van der Waals surface area contributed by atoms with Gasteiger partial charge in [0.2, 0.25) is 0 Å². The van der Waals surface area contributed by atoms with Crippen LogP contribution in [-0.4, -0.2) is 32.6 Å². The van der Waals surface area contributed by atoms with Gasteiger partial charge >= 0.3 is 0 Å². The molecule has 2 unspecified atom stereocenters. The van der Waals surface area contributed by atoms with E-state index in [4.69, 9.17) is 20.4 Å². The molecule has 0 aliphatic heterocycles. The third-order valence-corrected chi connectivity index (χ3v) is 1.26. The Kier molecular flexibility index (Phi) is 1.65. The maximum atomic E-state index is 8.80. The Morgan fingerprint density at radius 1 is 0.900 bits per heavy atom. The minimum Gasteiger partial charge on any atom is -0.509 e. The largest absolute Gasteiger partial charge is 0.509 e. The van der Waals surface area contributed by atoms with Crippen LogP contribution in [0.1, 0.15) is 0 Å². The second-order valence-electron chi connectivity index (χ2n) is 2.07. The van der Waals surface area contributed by atoms with Crippen molar-refractivity contribution >= 4 is 0 Å². The average molecular weight is 144 g/mol. The van der Waals surface area contributed by atoms with Gasteiger partial charge in [-0.3, -0.25) is 0 Å². The van der Waals surface area contributed by atoms with E-state index in [-0.39, 0.29) is 11.5 Å². The van der Waals surface area contributed by atoms with Gasteiger partial charge in [-0.05, 0) is 12.2 Å². The van der Waals surface area contributed by atoms with Gasteiger partial charge in [-0.25, -0.2) is 0 Å². The molecule has 4 heteroatoms. The Morgan fingerprint density at radius 3 is 1.50 bits per heavy atom. The average Bonchev–Trinajstić information content (AvgIpc) is 1.84. The summed E-state index contributed by atoms with van der Waals surface area (Å²) in [5.41, 5.74) is 0. The van der Waals surface area contributed by atoms with Gasteiger partial charge in [0.1, 0.15) is 23.7 Å². The summed E-state index contributed by atoms with van der Waals surface area (Å²) in [6.07, 6.45) is -0.438. The highest BCUT2D eigenvalue weighted by Crippen LogP contribution is 2.13. The van der Waals surface area contributed by atoms with Gasteiger partial charge in [0.25, 0.3) is 0 Å². The molecule has 0 aromatic heterocycles. The van der Waals surface area contributed by atoms with E-state index in [9.17, 15) is 0 Å². The quantitative estimate of drug-likeness (QED) is 0.373. The molecule has 0 radical (unpaired) electrons. The van der Waals surface area contributed by atoms with Crippen molar-refractivity contribution in [2.75, 3.05) is 0 Å². The van der Waals surface area contributed by atoms with Crippen LogP contribution in [0.3, 0.4) is 0 Å². The molecule has 0 fully saturated rings. The number of aliphatic hydroxyl groups excluding tert-OH is 4. The summed E-state index contributed by atoms with van der Waals surface area (Å²) in [6.45, 7) is 0. The Balaban J connectivity index is 2.81. The van der Waals surface area contributed by atoms with Gasteiger partial charge in [0.15, 0.2) is 0 Å². The minimum absolute atomic E-state index is 0.342. The smallest absolute Gasteiger partial charge is 0.132 e. The van der Waals surface area contributed by atoms with Crippen LogP contribution in [0, 0.1) is 0 Å². The molecule has 1 aliphatic carbocycles. The highest BCUT2D eigenvalue weighted by Gasteiger charge is 2.19.